The van der Waals surface area contributed by atoms with E-state index in [9.17, 15) is 4.39 Å². The van der Waals surface area contributed by atoms with Gasteiger partial charge in [-0.15, -0.1) is 0 Å². The minimum Gasteiger partial charge on any atom is -0.410 e. The Morgan fingerprint density at radius 2 is 1.94 bits per heavy atom. The minimum absolute atomic E-state index is 0.298. The van der Waals surface area contributed by atoms with E-state index in [1.165, 1.54) is 12.1 Å². The summed E-state index contributed by atoms with van der Waals surface area (Å²) in [5, 5.41) is 0.705. The Bertz CT molecular complexity index is 502. The highest BCUT2D eigenvalue weighted by Crippen LogP contribution is 2.11. The van der Waals surface area contributed by atoms with E-state index in [0.717, 1.165) is 11.0 Å². The first-order valence-corrected chi connectivity index (χ1v) is 4.86. The van der Waals surface area contributed by atoms with Crippen LogP contribution in [0.2, 0.25) is 0 Å². The zero-order chi connectivity index (χ0) is 11.5. The minimum atomic E-state index is -0.507. The summed E-state index contributed by atoms with van der Waals surface area (Å²) >= 11 is 0. The number of rotatable bonds is 3. The molecule has 2 aromatic rings. The summed E-state index contributed by atoms with van der Waals surface area (Å²) in [5.74, 6) is -0.298. The van der Waals surface area contributed by atoms with Gasteiger partial charge in [0, 0.05) is 25.8 Å². The molecule has 0 aliphatic rings. The highest BCUT2D eigenvalue weighted by Gasteiger charge is 2.20. The summed E-state index contributed by atoms with van der Waals surface area (Å²) < 4.78 is 23.5. The first kappa shape index (κ1) is 11.0. The highest BCUT2D eigenvalue weighted by molar-refractivity contribution is 6.64. The molecule has 3 nitrogen and oxygen atoms in total. The van der Waals surface area contributed by atoms with Crippen LogP contribution in [0.1, 0.15) is 0 Å². The molecule has 0 N–H and O–H groups in total. The summed E-state index contributed by atoms with van der Waals surface area (Å²) in [6.07, 6.45) is 1.65. The molecule has 5 heteroatoms. The normalized spacial score (nSPS) is 10.7. The summed E-state index contributed by atoms with van der Waals surface area (Å²) in [5.41, 5.74) is 1.49. The molecule has 0 fully saturated rings. The summed E-state index contributed by atoms with van der Waals surface area (Å²) in [6, 6.07) is 6.21. The van der Waals surface area contributed by atoms with Gasteiger partial charge in [-0.05, 0) is 29.7 Å². The van der Waals surface area contributed by atoms with Crippen molar-refractivity contribution in [2.24, 2.45) is 0 Å². The Labute approximate surface area is 93.3 Å². The predicted octanol–water partition coefficient (Wildman–Crippen LogP) is 1.36. The SMILES string of the molecule is COB(OC)c1ccnc2ccc(F)cc12. The lowest BCUT2D eigenvalue weighted by Crippen LogP contribution is -2.35. The van der Waals surface area contributed by atoms with E-state index in [1.807, 2.05) is 0 Å². The number of fused-ring (bicyclic) bond motifs is 1. The van der Waals surface area contributed by atoms with E-state index < -0.39 is 7.12 Å². The molecule has 0 saturated carbocycles. The van der Waals surface area contributed by atoms with Gasteiger partial charge in [0.05, 0.1) is 5.52 Å². The Hall–Kier alpha value is -1.46. The van der Waals surface area contributed by atoms with Crippen LogP contribution >= 0.6 is 0 Å². The molecule has 0 saturated heterocycles. The molecule has 1 aromatic heterocycles. The Balaban J connectivity index is 2.64. The first-order valence-electron chi connectivity index (χ1n) is 4.86. The Kier molecular flexibility index (Phi) is 3.17. The molecule has 1 heterocycles. The van der Waals surface area contributed by atoms with Crippen LogP contribution in [-0.2, 0) is 9.31 Å². The van der Waals surface area contributed by atoms with Gasteiger partial charge in [-0.25, -0.2) is 4.39 Å². The van der Waals surface area contributed by atoms with E-state index in [0.29, 0.717) is 5.39 Å². The first-order chi connectivity index (χ1) is 7.76. The van der Waals surface area contributed by atoms with Crippen molar-refractivity contribution >= 4 is 23.5 Å². The molecule has 0 atom stereocenters. The largest absolute Gasteiger partial charge is 0.494 e. The van der Waals surface area contributed by atoms with Crippen LogP contribution < -0.4 is 5.46 Å². The molecular weight excluding hydrogens is 208 g/mol. The van der Waals surface area contributed by atoms with E-state index in [2.05, 4.69) is 4.98 Å². The average molecular weight is 219 g/mol. The van der Waals surface area contributed by atoms with Crippen molar-refractivity contribution in [2.75, 3.05) is 14.2 Å². The average Bonchev–Trinajstić information content (AvgIpc) is 2.31. The van der Waals surface area contributed by atoms with Crippen LogP contribution in [0.4, 0.5) is 4.39 Å². The Morgan fingerprint density at radius 1 is 1.19 bits per heavy atom. The molecule has 0 aliphatic heterocycles. The fraction of sp³-hybridized carbons (Fsp3) is 0.182. The number of pyridine rings is 1. The molecule has 0 bridgehead atoms. The fourth-order valence-electron chi connectivity index (χ4n) is 1.70. The maximum Gasteiger partial charge on any atom is 0.494 e. The molecule has 0 radical (unpaired) electrons. The molecule has 1 aromatic carbocycles. The molecule has 0 amide bonds. The number of hydrogen-bond donors (Lipinski definition) is 0. The van der Waals surface area contributed by atoms with E-state index >= 15 is 0 Å². The zero-order valence-corrected chi connectivity index (χ0v) is 9.11. The van der Waals surface area contributed by atoms with Gasteiger partial charge in [0.2, 0.25) is 0 Å². The van der Waals surface area contributed by atoms with Crippen molar-refractivity contribution < 1.29 is 13.7 Å². The quantitative estimate of drug-likeness (QED) is 0.730. The van der Waals surface area contributed by atoms with Gasteiger partial charge < -0.3 is 9.31 Å². The van der Waals surface area contributed by atoms with Crippen molar-refractivity contribution in [3.8, 4) is 0 Å². The zero-order valence-electron chi connectivity index (χ0n) is 9.11. The lowest BCUT2D eigenvalue weighted by atomic mass is 9.77. The van der Waals surface area contributed by atoms with Crippen LogP contribution in [0.3, 0.4) is 0 Å². The second kappa shape index (κ2) is 4.59. The summed E-state index contributed by atoms with van der Waals surface area (Å²) in [4.78, 5) is 4.16. The van der Waals surface area contributed by atoms with Gasteiger partial charge in [-0.1, -0.05) is 0 Å². The topological polar surface area (TPSA) is 31.4 Å². The summed E-state index contributed by atoms with van der Waals surface area (Å²) in [7, 11) is 2.58. The third-order valence-electron chi connectivity index (χ3n) is 2.42. The second-order valence-corrected chi connectivity index (χ2v) is 3.36. The van der Waals surface area contributed by atoms with Crippen molar-refractivity contribution in [1.29, 1.82) is 0 Å². The van der Waals surface area contributed by atoms with Crippen LogP contribution in [0.25, 0.3) is 10.9 Å². The van der Waals surface area contributed by atoms with Crippen molar-refractivity contribution in [2.45, 2.75) is 0 Å². The van der Waals surface area contributed by atoms with Crippen molar-refractivity contribution in [3.63, 3.8) is 0 Å². The van der Waals surface area contributed by atoms with Gasteiger partial charge in [-0.3, -0.25) is 4.98 Å². The van der Waals surface area contributed by atoms with Gasteiger partial charge >= 0.3 is 7.12 Å². The molecule has 0 aliphatic carbocycles. The Morgan fingerprint density at radius 3 is 2.62 bits per heavy atom. The monoisotopic (exact) mass is 219 g/mol. The standard InChI is InChI=1S/C11H11BFNO2/c1-15-12(16-2)10-5-6-14-11-4-3-8(13)7-9(10)11/h3-7H,1-2H3. The van der Waals surface area contributed by atoms with Crippen LogP contribution in [-0.4, -0.2) is 26.3 Å². The molecule has 16 heavy (non-hydrogen) atoms. The van der Waals surface area contributed by atoms with Crippen LogP contribution in [0.5, 0.6) is 0 Å². The highest BCUT2D eigenvalue weighted by atomic mass is 19.1. The van der Waals surface area contributed by atoms with Gasteiger partial charge in [-0.2, -0.15) is 0 Å². The second-order valence-electron chi connectivity index (χ2n) is 3.36. The molecule has 2 rings (SSSR count). The van der Waals surface area contributed by atoms with Crippen LogP contribution in [0.15, 0.2) is 30.5 Å². The van der Waals surface area contributed by atoms with Crippen molar-refractivity contribution in [3.05, 3.63) is 36.3 Å². The van der Waals surface area contributed by atoms with Gasteiger partial charge in [0.15, 0.2) is 0 Å². The van der Waals surface area contributed by atoms with Gasteiger partial charge in [0.1, 0.15) is 5.82 Å². The smallest absolute Gasteiger partial charge is 0.410 e. The molecule has 82 valence electrons. The lowest BCUT2D eigenvalue weighted by Gasteiger charge is -2.11. The number of aromatic nitrogens is 1. The maximum absolute atomic E-state index is 13.2. The van der Waals surface area contributed by atoms with E-state index in [4.69, 9.17) is 9.31 Å². The van der Waals surface area contributed by atoms with Crippen molar-refractivity contribution in [1.82, 2.24) is 4.98 Å². The third-order valence-corrected chi connectivity index (χ3v) is 2.42. The molecule has 0 spiro atoms. The molecular formula is C11H11BFNO2. The third kappa shape index (κ3) is 1.92. The van der Waals surface area contributed by atoms with E-state index in [1.54, 1.807) is 32.5 Å². The number of nitrogens with zero attached hydrogens (tertiary/aromatic N) is 1. The van der Waals surface area contributed by atoms with E-state index in [-0.39, 0.29) is 5.82 Å². The lowest BCUT2D eigenvalue weighted by molar-refractivity contribution is 0.292. The predicted molar refractivity (Wildman–Crippen MR) is 61.1 cm³/mol. The van der Waals surface area contributed by atoms with Gasteiger partial charge in [0.25, 0.3) is 0 Å². The van der Waals surface area contributed by atoms with Crippen LogP contribution in [0, 0.1) is 5.82 Å². The molecule has 0 unspecified atom stereocenters. The number of hydrogen-bond acceptors (Lipinski definition) is 3. The fourth-order valence-corrected chi connectivity index (χ4v) is 1.70. The maximum atomic E-state index is 13.2. The number of benzene rings is 1. The number of halogens is 1. The summed E-state index contributed by atoms with van der Waals surface area (Å²) in [6.45, 7) is 0.